The van der Waals surface area contributed by atoms with E-state index < -0.39 is 22.0 Å². The molecule has 0 heterocycles. The van der Waals surface area contributed by atoms with E-state index in [1.807, 2.05) is 6.92 Å². The van der Waals surface area contributed by atoms with Gasteiger partial charge in [0, 0.05) is 6.42 Å². The van der Waals surface area contributed by atoms with Gasteiger partial charge in [-0.1, -0.05) is 6.92 Å². The van der Waals surface area contributed by atoms with Gasteiger partial charge < -0.3 is 4.74 Å². The highest BCUT2D eigenvalue weighted by atomic mass is 19.1. The van der Waals surface area contributed by atoms with Crippen molar-refractivity contribution in [3.8, 4) is 11.8 Å². The topological polar surface area (TPSA) is 88.2 Å². The largest absolute Gasteiger partial charge is 0.487 e. The van der Waals surface area contributed by atoms with Crippen LogP contribution in [0.25, 0.3) is 0 Å². The maximum Gasteiger partial charge on any atom is 0.313 e. The molecule has 7 heteroatoms. The minimum absolute atomic E-state index is 0.00631. The van der Waals surface area contributed by atoms with Gasteiger partial charge in [0.05, 0.1) is 23.7 Å². The summed E-state index contributed by atoms with van der Waals surface area (Å²) < 4.78 is 18.3. The van der Waals surface area contributed by atoms with E-state index in [4.69, 9.17) is 10.00 Å². The summed E-state index contributed by atoms with van der Waals surface area (Å²) in [4.78, 5) is 10.1. The third kappa shape index (κ3) is 4.17. The molecule has 0 aliphatic rings. The van der Waals surface area contributed by atoms with E-state index in [1.54, 1.807) is 6.92 Å². The summed E-state index contributed by atoms with van der Waals surface area (Å²) in [5.41, 5.74) is -1.18. The first kappa shape index (κ1) is 15.9. The van der Waals surface area contributed by atoms with Gasteiger partial charge in [0.1, 0.15) is 11.4 Å². The lowest BCUT2D eigenvalue weighted by molar-refractivity contribution is -0.386. The number of nitriles is 1. The van der Waals surface area contributed by atoms with Crippen molar-refractivity contribution in [2.45, 2.75) is 25.8 Å². The first-order valence-corrected chi connectivity index (χ1v) is 6.15. The molecule has 1 atom stereocenters. The van der Waals surface area contributed by atoms with Crippen molar-refractivity contribution in [3.63, 3.8) is 0 Å². The first-order valence-electron chi connectivity index (χ1n) is 6.15. The van der Waals surface area contributed by atoms with Crippen LogP contribution in [0.15, 0.2) is 18.2 Å². The Hall–Kier alpha value is -2.20. The average molecular weight is 281 g/mol. The van der Waals surface area contributed by atoms with Crippen LogP contribution < -0.4 is 10.1 Å². The van der Waals surface area contributed by atoms with Gasteiger partial charge in [0.25, 0.3) is 0 Å². The lowest BCUT2D eigenvalue weighted by atomic mass is 10.0. The molecule has 0 radical (unpaired) electrons. The van der Waals surface area contributed by atoms with E-state index in [1.165, 1.54) is 6.07 Å². The van der Waals surface area contributed by atoms with E-state index in [0.29, 0.717) is 13.0 Å². The molecule has 0 aliphatic carbocycles. The Morgan fingerprint density at radius 2 is 2.30 bits per heavy atom. The predicted molar refractivity (Wildman–Crippen MR) is 70.9 cm³/mol. The molecule has 0 saturated carbocycles. The van der Waals surface area contributed by atoms with E-state index in [-0.39, 0.29) is 12.4 Å². The normalized spacial score (nSPS) is 13.3. The fraction of sp³-hybridized carbons (Fsp3) is 0.462. The maximum absolute atomic E-state index is 13.0. The van der Waals surface area contributed by atoms with Crippen LogP contribution in [0.5, 0.6) is 5.75 Å². The molecule has 1 rings (SSSR count). The van der Waals surface area contributed by atoms with Gasteiger partial charge >= 0.3 is 5.69 Å². The molecule has 1 N–H and O–H groups in total. The third-order valence-corrected chi connectivity index (χ3v) is 2.79. The van der Waals surface area contributed by atoms with Crippen molar-refractivity contribution in [1.82, 2.24) is 5.32 Å². The Morgan fingerprint density at radius 1 is 1.60 bits per heavy atom. The summed E-state index contributed by atoms with van der Waals surface area (Å²) in [6.07, 6.45) is 0.353. The number of nitro groups is 1. The SMILES string of the molecule is CCNC(C)(C#N)CCOc1ccc(F)cc1[N+](=O)[O-]. The zero-order valence-electron chi connectivity index (χ0n) is 11.4. The van der Waals surface area contributed by atoms with Gasteiger partial charge in [-0.05, 0) is 25.6 Å². The predicted octanol–water partition coefficient (Wildman–Crippen LogP) is 2.39. The molecule has 1 aromatic carbocycles. The molecule has 6 nitrogen and oxygen atoms in total. The van der Waals surface area contributed by atoms with Crippen LogP contribution in [0.4, 0.5) is 10.1 Å². The molecule has 108 valence electrons. The molecule has 0 fully saturated rings. The minimum Gasteiger partial charge on any atom is -0.487 e. The van der Waals surface area contributed by atoms with Crippen LogP contribution >= 0.6 is 0 Å². The number of nitrogens with one attached hydrogen (secondary N) is 1. The fourth-order valence-corrected chi connectivity index (χ4v) is 1.69. The number of halogens is 1. The highest BCUT2D eigenvalue weighted by Gasteiger charge is 2.23. The Kier molecular flexibility index (Phi) is 5.41. The Balaban J connectivity index is 2.72. The zero-order valence-corrected chi connectivity index (χ0v) is 11.4. The highest BCUT2D eigenvalue weighted by molar-refractivity contribution is 5.46. The molecule has 0 aromatic heterocycles. The summed E-state index contributed by atoms with van der Waals surface area (Å²) in [5.74, 6) is -0.702. The van der Waals surface area contributed by atoms with Crippen molar-refractivity contribution in [2.24, 2.45) is 0 Å². The third-order valence-electron chi connectivity index (χ3n) is 2.79. The number of benzene rings is 1. The second-order valence-electron chi connectivity index (χ2n) is 4.44. The fourth-order valence-electron chi connectivity index (χ4n) is 1.69. The van der Waals surface area contributed by atoms with Gasteiger partial charge in [0.15, 0.2) is 5.75 Å². The Bertz CT molecular complexity index is 530. The van der Waals surface area contributed by atoms with E-state index in [0.717, 1.165) is 12.1 Å². The average Bonchev–Trinajstić information content (AvgIpc) is 2.40. The van der Waals surface area contributed by atoms with Crippen molar-refractivity contribution in [1.29, 1.82) is 5.26 Å². The Labute approximate surface area is 116 Å². The molecule has 1 aromatic rings. The van der Waals surface area contributed by atoms with Gasteiger partial charge in [-0.3, -0.25) is 15.4 Å². The van der Waals surface area contributed by atoms with Gasteiger partial charge in [-0.2, -0.15) is 5.26 Å². The number of nitrogens with zero attached hydrogens (tertiary/aromatic N) is 2. The first-order chi connectivity index (χ1) is 9.41. The molecule has 0 aliphatic heterocycles. The second-order valence-corrected chi connectivity index (χ2v) is 4.44. The summed E-state index contributed by atoms with van der Waals surface area (Å²) >= 11 is 0. The van der Waals surface area contributed by atoms with Crippen molar-refractivity contribution in [2.75, 3.05) is 13.2 Å². The summed E-state index contributed by atoms with van der Waals surface area (Å²) in [7, 11) is 0. The monoisotopic (exact) mass is 281 g/mol. The second kappa shape index (κ2) is 6.82. The molecule has 1 unspecified atom stereocenters. The summed E-state index contributed by atoms with van der Waals surface area (Å²) in [6, 6.07) is 5.24. The number of hydrogen-bond donors (Lipinski definition) is 1. The van der Waals surface area contributed by atoms with Crippen molar-refractivity contribution < 1.29 is 14.1 Å². The van der Waals surface area contributed by atoms with Crippen LogP contribution in [-0.2, 0) is 0 Å². The molecule has 0 spiro atoms. The highest BCUT2D eigenvalue weighted by Crippen LogP contribution is 2.27. The zero-order chi connectivity index (χ0) is 15.2. The smallest absolute Gasteiger partial charge is 0.313 e. The summed E-state index contributed by atoms with van der Waals surface area (Å²) in [6.45, 7) is 4.34. The molecule has 0 amide bonds. The molecular weight excluding hydrogens is 265 g/mol. The van der Waals surface area contributed by atoms with Crippen LogP contribution in [0, 0.1) is 27.3 Å². The van der Waals surface area contributed by atoms with E-state index in [2.05, 4.69) is 11.4 Å². The minimum atomic E-state index is -0.760. The van der Waals surface area contributed by atoms with Crippen LogP contribution in [-0.4, -0.2) is 23.6 Å². The van der Waals surface area contributed by atoms with Crippen LogP contribution in [0.2, 0.25) is 0 Å². The molecule has 20 heavy (non-hydrogen) atoms. The van der Waals surface area contributed by atoms with Gasteiger partial charge in [-0.15, -0.1) is 0 Å². The molecular formula is C13H16FN3O3. The number of nitro benzene ring substituents is 1. The number of hydrogen-bond acceptors (Lipinski definition) is 5. The number of ether oxygens (including phenoxy) is 1. The lowest BCUT2D eigenvalue weighted by Crippen LogP contribution is -2.42. The molecule has 0 saturated heterocycles. The quantitative estimate of drug-likeness (QED) is 0.612. The van der Waals surface area contributed by atoms with Gasteiger partial charge in [-0.25, -0.2) is 4.39 Å². The van der Waals surface area contributed by atoms with Crippen molar-refractivity contribution in [3.05, 3.63) is 34.1 Å². The van der Waals surface area contributed by atoms with Crippen molar-refractivity contribution >= 4 is 5.69 Å². The maximum atomic E-state index is 13.0. The van der Waals surface area contributed by atoms with Crippen LogP contribution in [0.3, 0.4) is 0 Å². The lowest BCUT2D eigenvalue weighted by Gasteiger charge is -2.22. The van der Waals surface area contributed by atoms with E-state index in [9.17, 15) is 14.5 Å². The van der Waals surface area contributed by atoms with Gasteiger partial charge in [0.2, 0.25) is 0 Å². The standard InChI is InChI=1S/C13H16FN3O3/c1-3-16-13(2,9-15)6-7-20-12-5-4-10(14)8-11(12)17(18)19/h4-5,8,16H,3,6-7H2,1-2H3. The Morgan fingerprint density at radius 3 is 2.85 bits per heavy atom. The van der Waals surface area contributed by atoms with E-state index >= 15 is 0 Å². The summed E-state index contributed by atoms with van der Waals surface area (Å²) in [5, 5.41) is 22.9. The number of rotatable bonds is 7. The molecule has 0 bridgehead atoms. The van der Waals surface area contributed by atoms with Crippen LogP contribution in [0.1, 0.15) is 20.3 Å².